The van der Waals surface area contributed by atoms with Crippen LogP contribution in [0.5, 0.6) is 0 Å². The van der Waals surface area contributed by atoms with E-state index in [0.29, 0.717) is 13.1 Å². The molecular formula is C16H17F2N5O. The molecular weight excluding hydrogens is 316 g/mol. The van der Waals surface area contributed by atoms with Crippen LogP contribution in [0.25, 0.3) is 0 Å². The molecule has 0 unspecified atom stereocenters. The molecule has 126 valence electrons. The van der Waals surface area contributed by atoms with Gasteiger partial charge in [0.25, 0.3) is 5.91 Å². The van der Waals surface area contributed by atoms with E-state index in [1.54, 1.807) is 4.90 Å². The van der Waals surface area contributed by atoms with E-state index < -0.39 is 11.6 Å². The van der Waals surface area contributed by atoms with Crippen LogP contribution in [0.3, 0.4) is 0 Å². The van der Waals surface area contributed by atoms with Crippen molar-refractivity contribution in [1.29, 1.82) is 0 Å². The van der Waals surface area contributed by atoms with E-state index in [2.05, 4.69) is 20.2 Å². The molecule has 0 radical (unpaired) electrons. The summed E-state index contributed by atoms with van der Waals surface area (Å²) in [6.07, 6.45) is 1.24. The summed E-state index contributed by atoms with van der Waals surface area (Å²) in [5, 5.41) is 2.73. The minimum absolute atomic E-state index is 0.0769. The number of halogens is 2. The van der Waals surface area contributed by atoms with Crippen LogP contribution < -0.4 is 5.32 Å². The van der Waals surface area contributed by atoms with E-state index in [-0.39, 0.29) is 23.1 Å². The number of hydrogen-bond acceptors (Lipinski definition) is 5. The van der Waals surface area contributed by atoms with E-state index in [9.17, 15) is 13.6 Å². The van der Waals surface area contributed by atoms with E-state index in [4.69, 9.17) is 0 Å². The third kappa shape index (κ3) is 3.65. The Labute approximate surface area is 138 Å². The maximum absolute atomic E-state index is 13.7. The number of amides is 1. The lowest BCUT2D eigenvalue weighted by molar-refractivity contribution is 0.0658. The number of carbonyl (C=O) groups is 1. The van der Waals surface area contributed by atoms with Gasteiger partial charge >= 0.3 is 0 Å². The SMILES string of the molecule is CN1CCN(C(=O)c2cc(Nc3ccc(F)cc3F)ncn2)CC1. The molecule has 0 aliphatic carbocycles. The summed E-state index contributed by atoms with van der Waals surface area (Å²) in [4.78, 5) is 24.3. The van der Waals surface area contributed by atoms with E-state index in [1.807, 2.05) is 7.05 Å². The zero-order valence-electron chi connectivity index (χ0n) is 13.2. The second kappa shape index (κ2) is 6.88. The van der Waals surface area contributed by atoms with Gasteiger partial charge in [0.1, 0.15) is 29.5 Å². The van der Waals surface area contributed by atoms with Crippen molar-refractivity contribution in [2.45, 2.75) is 0 Å². The maximum atomic E-state index is 13.7. The number of carbonyl (C=O) groups excluding carboxylic acids is 1. The summed E-state index contributed by atoms with van der Waals surface area (Å²) in [6, 6.07) is 4.65. The fraction of sp³-hybridized carbons (Fsp3) is 0.312. The number of aromatic nitrogens is 2. The van der Waals surface area contributed by atoms with Gasteiger partial charge in [-0.25, -0.2) is 18.7 Å². The van der Waals surface area contributed by atoms with Crippen LogP contribution in [0.4, 0.5) is 20.3 Å². The number of benzene rings is 1. The average Bonchev–Trinajstić information content (AvgIpc) is 2.58. The van der Waals surface area contributed by atoms with Gasteiger partial charge < -0.3 is 15.1 Å². The van der Waals surface area contributed by atoms with Crippen LogP contribution in [0.15, 0.2) is 30.6 Å². The first-order valence-corrected chi connectivity index (χ1v) is 7.55. The Balaban J connectivity index is 1.75. The minimum Gasteiger partial charge on any atom is -0.338 e. The Morgan fingerprint density at radius 3 is 2.58 bits per heavy atom. The molecule has 2 aromatic rings. The molecule has 1 aliphatic rings. The van der Waals surface area contributed by atoms with Crippen LogP contribution in [0, 0.1) is 11.6 Å². The predicted molar refractivity (Wildman–Crippen MR) is 85.1 cm³/mol. The number of nitrogens with zero attached hydrogens (tertiary/aromatic N) is 4. The molecule has 1 aromatic heterocycles. The van der Waals surface area contributed by atoms with Gasteiger partial charge in [0, 0.05) is 38.3 Å². The highest BCUT2D eigenvalue weighted by atomic mass is 19.1. The highest BCUT2D eigenvalue weighted by Gasteiger charge is 2.21. The van der Waals surface area contributed by atoms with Gasteiger partial charge in [-0.15, -0.1) is 0 Å². The number of likely N-dealkylation sites (N-methyl/N-ethyl adjacent to an activating group) is 1. The van der Waals surface area contributed by atoms with Crippen molar-refractivity contribution in [2.75, 3.05) is 38.5 Å². The highest BCUT2D eigenvalue weighted by molar-refractivity contribution is 5.93. The number of hydrogen-bond donors (Lipinski definition) is 1. The van der Waals surface area contributed by atoms with E-state index >= 15 is 0 Å². The largest absolute Gasteiger partial charge is 0.338 e. The van der Waals surface area contributed by atoms with Crippen molar-refractivity contribution >= 4 is 17.4 Å². The van der Waals surface area contributed by atoms with Crippen molar-refractivity contribution in [3.63, 3.8) is 0 Å². The molecule has 1 saturated heterocycles. The first-order valence-electron chi connectivity index (χ1n) is 7.55. The van der Waals surface area contributed by atoms with Gasteiger partial charge in [-0.05, 0) is 19.2 Å². The molecule has 1 aromatic carbocycles. The minimum atomic E-state index is -0.736. The first kappa shape index (κ1) is 16.3. The lowest BCUT2D eigenvalue weighted by atomic mass is 10.2. The molecule has 1 N–H and O–H groups in total. The lowest BCUT2D eigenvalue weighted by Gasteiger charge is -2.32. The molecule has 3 rings (SSSR count). The van der Waals surface area contributed by atoms with Gasteiger partial charge in [-0.1, -0.05) is 0 Å². The summed E-state index contributed by atoms with van der Waals surface area (Å²) in [5.41, 5.74) is 0.313. The summed E-state index contributed by atoms with van der Waals surface area (Å²) >= 11 is 0. The Hall–Kier alpha value is -2.61. The van der Waals surface area contributed by atoms with Gasteiger partial charge in [0.2, 0.25) is 0 Å². The van der Waals surface area contributed by atoms with Crippen LogP contribution in [-0.4, -0.2) is 58.9 Å². The van der Waals surface area contributed by atoms with Gasteiger partial charge in [-0.2, -0.15) is 0 Å². The Morgan fingerprint density at radius 2 is 1.88 bits per heavy atom. The number of nitrogens with one attached hydrogen (secondary N) is 1. The Bertz CT molecular complexity index is 747. The molecule has 0 spiro atoms. The molecule has 1 amide bonds. The predicted octanol–water partition coefficient (Wildman–Crippen LogP) is 1.89. The summed E-state index contributed by atoms with van der Waals surface area (Å²) < 4.78 is 26.6. The third-order valence-electron chi connectivity index (χ3n) is 3.87. The average molecular weight is 333 g/mol. The monoisotopic (exact) mass is 333 g/mol. The van der Waals surface area contributed by atoms with Crippen LogP contribution in [-0.2, 0) is 0 Å². The molecule has 0 bridgehead atoms. The Kier molecular flexibility index (Phi) is 4.66. The standard InChI is InChI=1S/C16H17F2N5O/c1-22-4-6-23(7-5-22)16(24)14-9-15(20-10-19-14)21-13-3-2-11(17)8-12(13)18/h2-3,8-10H,4-7H2,1H3,(H,19,20,21). The topological polar surface area (TPSA) is 61.4 Å². The maximum Gasteiger partial charge on any atom is 0.272 e. The van der Waals surface area contributed by atoms with Gasteiger partial charge in [0.05, 0.1) is 5.69 Å². The summed E-state index contributed by atoms with van der Waals surface area (Å²) in [7, 11) is 2.01. The fourth-order valence-corrected chi connectivity index (χ4v) is 2.44. The van der Waals surface area contributed by atoms with Crippen molar-refractivity contribution in [1.82, 2.24) is 19.8 Å². The zero-order chi connectivity index (χ0) is 17.1. The number of rotatable bonds is 3. The second-order valence-electron chi connectivity index (χ2n) is 5.63. The van der Waals surface area contributed by atoms with Crippen molar-refractivity contribution in [2.24, 2.45) is 0 Å². The van der Waals surface area contributed by atoms with Crippen LogP contribution in [0.2, 0.25) is 0 Å². The van der Waals surface area contributed by atoms with Crippen molar-refractivity contribution < 1.29 is 13.6 Å². The molecule has 1 fully saturated rings. The molecule has 0 atom stereocenters. The van der Waals surface area contributed by atoms with Gasteiger partial charge in [0.15, 0.2) is 0 Å². The molecule has 0 saturated carbocycles. The quantitative estimate of drug-likeness (QED) is 0.929. The highest BCUT2D eigenvalue weighted by Crippen LogP contribution is 2.19. The smallest absolute Gasteiger partial charge is 0.272 e. The number of piperazine rings is 1. The lowest BCUT2D eigenvalue weighted by Crippen LogP contribution is -2.47. The normalized spacial score (nSPS) is 15.4. The van der Waals surface area contributed by atoms with Crippen molar-refractivity contribution in [3.05, 3.63) is 47.9 Å². The van der Waals surface area contributed by atoms with E-state index in [0.717, 1.165) is 25.2 Å². The molecule has 24 heavy (non-hydrogen) atoms. The molecule has 6 nitrogen and oxygen atoms in total. The first-order chi connectivity index (χ1) is 11.5. The summed E-state index contributed by atoms with van der Waals surface area (Å²) in [5.74, 6) is -1.31. The molecule has 1 aliphatic heterocycles. The van der Waals surface area contributed by atoms with Gasteiger partial charge in [-0.3, -0.25) is 4.79 Å². The molecule has 8 heteroatoms. The zero-order valence-corrected chi connectivity index (χ0v) is 13.2. The van der Waals surface area contributed by atoms with E-state index in [1.165, 1.54) is 18.5 Å². The number of anilines is 2. The summed E-state index contributed by atoms with van der Waals surface area (Å²) in [6.45, 7) is 2.88. The van der Waals surface area contributed by atoms with Crippen molar-refractivity contribution in [3.8, 4) is 0 Å². The van der Waals surface area contributed by atoms with Crippen LogP contribution >= 0.6 is 0 Å². The molecule has 2 heterocycles. The fourth-order valence-electron chi connectivity index (χ4n) is 2.44. The van der Waals surface area contributed by atoms with Crippen LogP contribution in [0.1, 0.15) is 10.5 Å². The second-order valence-corrected chi connectivity index (χ2v) is 5.63. The Morgan fingerprint density at radius 1 is 1.12 bits per heavy atom. The third-order valence-corrected chi connectivity index (χ3v) is 3.87.